The summed E-state index contributed by atoms with van der Waals surface area (Å²) in [4.78, 5) is 8.85. The number of hydrogen-bond acceptors (Lipinski definition) is 5. The Morgan fingerprint density at radius 3 is 2.84 bits per heavy atom. The lowest BCUT2D eigenvalue weighted by Crippen LogP contribution is -2.34. The number of nitrogens with zero attached hydrogens (tertiary/aromatic N) is 4. The monoisotopic (exact) mass is 279 g/mol. The lowest BCUT2D eigenvalue weighted by molar-refractivity contribution is 0.484. The normalized spacial score (nSPS) is 12.8. The van der Waals surface area contributed by atoms with E-state index in [0.717, 1.165) is 37.3 Å². The van der Waals surface area contributed by atoms with E-state index in [1.165, 1.54) is 5.01 Å². The first-order chi connectivity index (χ1) is 9.19. The van der Waals surface area contributed by atoms with Crippen LogP contribution in [-0.4, -0.2) is 32.3 Å². The highest BCUT2D eigenvalue weighted by atomic mass is 32.1. The van der Waals surface area contributed by atoms with E-state index in [0.29, 0.717) is 6.04 Å². The predicted octanol–water partition coefficient (Wildman–Crippen LogP) is 1.73. The van der Waals surface area contributed by atoms with Gasteiger partial charge in [0.2, 0.25) is 0 Å². The molecule has 6 heteroatoms. The van der Waals surface area contributed by atoms with Crippen molar-refractivity contribution >= 4 is 11.3 Å². The van der Waals surface area contributed by atoms with Crippen molar-refractivity contribution < 1.29 is 0 Å². The van der Waals surface area contributed by atoms with Gasteiger partial charge in [-0.15, -0.1) is 11.3 Å². The van der Waals surface area contributed by atoms with E-state index in [1.54, 1.807) is 17.7 Å². The van der Waals surface area contributed by atoms with Crippen molar-refractivity contribution in [2.45, 2.75) is 39.2 Å². The van der Waals surface area contributed by atoms with Crippen LogP contribution in [0.3, 0.4) is 0 Å². The van der Waals surface area contributed by atoms with Gasteiger partial charge in [0.1, 0.15) is 12.2 Å². The third-order valence-corrected chi connectivity index (χ3v) is 3.99. The fourth-order valence-corrected chi connectivity index (χ4v) is 2.85. The lowest BCUT2D eigenvalue weighted by Gasteiger charge is -2.16. The smallest absolute Gasteiger partial charge is 0.138 e. The average molecular weight is 279 g/mol. The van der Waals surface area contributed by atoms with Gasteiger partial charge in [0, 0.05) is 37.0 Å². The molecule has 2 rings (SSSR count). The Morgan fingerprint density at radius 2 is 2.26 bits per heavy atom. The Bertz CT molecular complexity index is 505. The first kappa shape index (κ1) is 14.1. The topological polar surface area (TPSA) is 55.6 Å². The third-order valence-electron chi connectivity index (χ3n) is 3.00. The van der Waals surface area contributed by atoms with E-state index < -0.39 is 0 Å². The molecule has 5 nitrogen and oxygen atoms in total. The van der Waals surface area contributed by atoms with Crippen molar-refractivity contribution in [1.29, 1.82) is 0 Å². The van der Waals surface area contributed by atoms with Crippen LogP contribution in [0.5, 0.6) is 0 Å². The highest BCUT2D eigenvalue weighted by molar-refractivity contribution is 7.09. The van der Waals surface area contributed by atoms with Crippen LogP contribution >= 0.6 is 11.3 Å². The van der Waals surface area contributed by atoms with Gasteiger partial charge in [-0.3, -0.25) is 4.68 Å². The van der Waals surface area contributed by atoms with E-state index >= 15 is 0 Å². The Morgan fingerprint density at radius 1 is 1.42 bits per heavy atom. The second kappa shape index (κ2) is 6.77. The predicted molar refractivity (Wildman–Crippen MR) is 77.3 cm³/mol. The molecule has 1 N–H and O–H groups in total. The maximum absolute atomic E-state index is 4.55. The highest BCUT2D eigenvalue weighted by Gasteiger charge is 2.14. The Balaban J connectivity index is 2.01. The van der Waals surface area contributed by atoms with Gasteiger partial charge in [0.15, 0.2) is 0 Å². The molecule has 0 spiro atoms. The zero-order valence-electron chi connectivity index (χ0n) is 11.8. The lowest BCUT2D eigenvalue weighted by atomic mass is 10.1. The molecule has 0 saturated heterocycles. The molecule has 0 aliphatic carbocycles. The van der Waals surface area contributed by atoms with Crippen molar-refractivity contribution in [3.63, 3.8) is 0 Å². The summed E-state index contributed by atoms with van der Waals surface area (Å²) in [5.41, 5.74) is 1.10. The number of hydrogen-bond donors (Lipinski definition) is 1. The minimum atomic E-state index is 0.369. The molecular weight excluding hydrogens is 258 g/mol. The number of aryl methyl sites for hydroxylation is 2. The van der Waals surface area contributed by atoms with Crippen LogP contribution in [0.4, 0.5) is 0 Å². The van der Waals surface area contributed by atoms with E-state index in [-0.39, 0.29) is 0 Å². The molecule has 0 radical (unpaired) electrons. The fourth-order valence-electron chi connectivity index (χ4n) is 2.00. The molecule has 0 fully saturated rings. The molecule has 1 atom stereocenters. The maximum Gasteiger partial charge on any atom is 0.138 e. The summed E-state index contributed by atoms with van der Waals surface area (Å²) in [6.45, 7) is 5.24. The van der Waals surface area contributed by atoms with Crippen molar-refractivity contribution in [1.82, 2.24) is 25.1 Å². The van der Waals surface area contributed by atoms with E-state index in [2.05, 4.69) is 32.7 Å². The van der Waals surface area contributed by atoms with Crippen LogP contribution in [-0.2, 0) is 19.9 Å². The third kappa shape index (κ3) is 4.11. The van der Waals surface area contributed by atoms with Gasteiger partial charge < -0.3 is 5.32 Å². The molecule has 2 aromatic heterocycles. The number of thiazole rings is 1. The second-order valence-electron chi connectivity index (χ2n) is 4.74. The van der Waals surface area contributed by atoms with Gasteiger partial charge in [-0.1, -0.05) is 6.92 Å². The van der Waals surface area contributed by atoms with Crippen LogP contribution in [0.1, 0.15) is 29.9 Å². The first-order valence-corrected chi connectivity index (χ1v) is 7.54. The van der Waals surface area contributed by atoms with Crippen molar-refractivity contribution in [3.8, 4) is 0 Å². The molecule has 2 heterocycles. The van der Waals surface area contributed by atoms with E-state index in [4.69, 9.17) is 0 Å². The number of nitrogens with one attached hydrogen (secondary N) is 1. The average Bonchev–Trinajstić information content (AvgIpc) is 2.96. The number of aromatic nitrogens is 4. The zero-order chi connectivity index (χ0) is 13.7. The van der Waals surface area contributed by atoms with Crippen LogP contribution in [0.2, 0.25) is 0 Å². The largest absolute Gasteiger partial charge is 0.313 e. The molecule has 0 aromatic carbocycles. The Labute approximate surface area is 118 Å². The van der Waals surface area contributed by atoms with E-state index in [9.17, 15) is 0 Å². The minimum Gasteiger partial charge on any atom is -0.313 e. The summed E-state index contributed by atoms with van der Waals surface area (Å²) < 4.78 is 1.84. The Kier molecular flexibility index (Phi) is 5.04. The molecule has 1 unspecified atom stereocenters. The van der Waals surface area contributed by atoms with Crippen molar-refractivity contribution in [2.75, 3.05) is 6.54 Å². The molecular formula is C13H21N5S. The van der Waals surface area contributed by atoms with Gasteiger partial charge in [-0.2, -0.15) is 5.10 Å². The summed E-state index contributed by atoms with van der Waals surface area (Å²) in [6.07, 6.45) is 4.58. The molecule has 104 valence electrons. The molecule has 0 saturated carbocycles. The van der Waals surface area contributed by atoms with Gasteiger partial charge in [-0.25, -0.2) is 9.97 Å². The summed E-state index contributed by atoms with van der Waals surface area (Å²) in [7, 11) is 1.94. The fraction of sp³-hybridized carbons (Fsp3) is 0.615. The van der Waals surface area contributed by atoms with Crippen LogP contribution in [0.15, 0.2) is 11.7 Å². The van der Waals surface area contributed by atoms with Crippen molar-refractivity contribution in [2.24, 2.45) is 7.05 Å². The van der Waals surface area contributed by atoms with Crippen molar-refractivity contribution in [3.05, 3.63) is 28.2 Å². The quantitative estimate of drug-likeness (QED) is 0.838. The summed E-state index contributed by atoms with van der Waals surface area (Å²) in [5.74, 6) is 1.02. The summed E-state index contributed by atoms with van der Waals surface area (Å²) in [6, 6.07) is 0.369. The molecule has 19 heavy (non-hydrogen) atoms. The first-order valence-electron chi connectivity index (χ1n) is 6.66. The SMILES string of the molecule is CCCNC(Cc1nc(C)cs1)Cc1ncnn1C. The Hall–Kier alpha value is -1.27. The molecule has 0 amide bonds. The minimum absolute atomic E-state index is 0.369. The highest BCUT2D eigenvalue weighted by Crippen LogP contribution is 2.13. The number of rotatable bonds is 7. The maximum atomic E-state index is 4.55. The molecule has 2 aromatic rings. The second-order valence-corrected chi connectivity index (χ2v) is 5.68. The van der Waals surface area contributed by atoms with Crippen LogP contribution in [0.25, 0.3) is 0 Å². The van der Waals surface area contributed by atoms with Gasteiger partial charge in [0.05, 0.1) is 5.01 Å². The molecule has 0 aliphatic rings. The zero-order valence-corrected chi connectivity index (χ0v) is 12.6. The van der Waals surface area contributed by atoms with E-state index in [1.807, 2.05) is 18.7 Å². The van der Waals surface area contributed by atoms with Gasteiger partial charge in [-0.05, 0) is 19.9 Å². The molecule has 0 aliphatic heterocycles. The summed E-state index contributed by atoms with van der Waals surface area (Å²) >= 11 is 1.73. The van der Waals surface area contributed by atoms with Crippen LogP contribution in [0, 0.1) is 6.92 Å². The van der Waals surface area contributed by atoms with Gasteiger partial charge in [0.25, 0.3) is 0 Å². The summed E-state index contributed by atoms with van der Waals surface area (Å²) in [5, 5.41) is 11.0. The standard InChI is InChI=1S/C13H21N5S/c1-4-5-14-11(6-12-15-9-16-18(12)3)7-13-17-10(2)8-19-13/h8-9,11,14H,4-7H2,1-3H3. The molecule has 0 bridgehead atoms. The van der Waals surface area contributed by atoms with Gasteiger partial charge >= 0.3 is 0 Å². The van der Waals surface area contributed by atoms with Crippen LogP contribution < -0.4 is 5.32 Å².